The summed E-state index contributed by atoms with van der Waals surface area (Å²) >= 11 is 12.7. The Morgan fingerprint density at radius 2 is 1.79 bits per heavy atom. The first kappa shape index (κ1) is 21.5. The molecule has 0 radical (unpaired) electrons. The number of anilines is 3. The van der Waals surface area contributed by atoms with Gasteiger partial charge in [0.2, 0.25) is 0 Å². The van der Waals surface area contributed by atoms with E-state index in [0.717, 1.165) is 48.5 Å². The molecule has 2 fully saturated rings. The van der Waals surface area contributed by atoms with E-state index in [1.165, 1.54) is 18.4 Å². The molecule has 0 spiro atoms. The van der Waals surface area contributed by atoms with Crippen LogP contribution in [0.2, 0.25) is 10.0 Å². The van der Waals surface area contributed by atoms with Gasteiger partial charge >= 0.3 is 0 Å². The summed E-state index contributed by atoms with van der Waals surface area (Å²) in [6.45, 7) is 3.69. The van der Waals surface area contributed by atoms with Crippen molar-refractivity contribution in [3.05, 3.63) is 64.5 Å². The summed E-state index contributed by atoms with van der Waals surface area (Å²) in [7, 11) is 0. The maximum absolute atomic E-state index is 6.34. The number of aromatic nitrogens is 4. The van der Waals surface area contributed by atoms with E-state index in [1.807, 2.05) is 30.6 Å². The molecule has 7 nitrogen and oxygen atoms in total. The minimum absolute atomic E-state index is 0.529. The lowest BCUT2D eigenvalue weighted by Gasteiger charge is -2.30. The summed E-state index contributed by atoms with van der Waals surface area (Å²) in [6.07, 6.45) is 7.99. The third-order valence-electron chi connectivity index (χ3n) is 6.28. The molecule has 1 aliphatic carbocycles. The molecule has 0 atom stereocenters. The molecule has 4 heterocycles. The highest BCUT2D eigenvalue weighted by Crippen LogP contribution is 2.45. The number of rotatable bonds is 5. The van der Waals surface area contributed by atoms with Crippen LogP contribution < -0.4 is 15.5 Å². The van der Waals surface area contributed by atoms with Crippen molar-refractivity contribution in [3.63, 3.8) is 0 Å². The maximum atomic E-state index is 6.34. The monoisotopic (exact) mass is 491 g/mol. The summed E-state index contributed by atoms with van der Waals surface area (Å²) in [5, 5.41) is 8.86. The first-order valence-corrected chi connectivity index (χ1v) is 12.2. The molecule has 172 valence electrons. The van der Waals surface area contributed by atoms with Crippen molar-refractivity contribution in [2.75, 3.05) is 36.4 Å². The van der Waals surface area contributed by atoms with Crippen LogP contribution in [0.5, 0.6) is 0 Å². The second-order valence-corrected chi connectivity index (χ2v) is 9.47. The molecule has 6 rings (SSSR count). The third-order valence-corrected chi connectivity index (χ3v) is 6.91. The zero-order valence-electron chi connectivity index (χ0n) is 18.4. The third kappa shape index (κ3) is 4.15. The SMILES string of the molecule is Clc1cccc(Cl)c1Nc1cc(-c2nc(N3CCNCC3)c3c(C4CC4)cncc3n2)ccn1. The summed E-state index contributed by atoms with van der Waals surface area (Å²) in [4.78, 5) is 21.4. The lowest BCUT2D eigenvalue weighted by molar-refractivity contribution is 0.586. The van der Waals surface area contributed by atoms with Crippen LogP contribution in [0.4, 0.5) is 17.3 Å². The maximum Gasteiger partial charge on any atom is 0.162 e. The molecular formula is C25H23Cl2N7. The lowest BCUT2D eigenvalue weighted by Crippen LogP contribution is -2.44. The largest absolute Gasteiger partial charge is 0.353 e. The number of fused-ring (bicyclic) bond motifs is 1. The summed E-state index contributed by atoms with van der Waals surface area (Å²) in [5.74, 6) is 2.81. The Balaban J connectivity index is 1.44. The average Bonchev–Trinajstić information content (AvgIpc) is 3.72. The highest BCUT2D eigenvalue weighted by molar-refractivity contribution is 6.39. The fraction of sp³-hybridized carbons (Fsp3) is 0.280. The van der Waals surface area contributed by atoms with E-state index < -0.39 is 0 Å². The molecular weight excluding hydrogens is 469 g/mol. The van der Waals surface area contributed by atoms with E-state index in [-0.39, 0.29) is 0 Å². The second-order valence-electron chi connectivity index (χ2n) is 8.66. The Morgan fingerprint density at radius 3 is 2.56 bits per heavy atom. The van der Waals surface area contributed by atoms with E-state index in [1.54, 1.807) is 18.3 Å². The molecule has 2 N–H and O–H groups in total. The van der Waals surface area contributed by atoms with Crippen LogP contribution in [0.3, 0.4) is 0 Å². The van der Waals surface area contributed by atoms with Crippen molar-refractivity contribution in [2.45, 2.75) is 18.8 Å². The van der Waals surface area contributed by atoms with Crippen LogP contribution in [0.25, 0.3) is 22.3 Å². The summed E-state index contributed by atoms with van der Waals surface area (Å²) in [6, 6.07) is 9.22. The molecule has 0 unspecified atom stereocenters. The van der Waals surface area contributed by atoms with Gasteiger partial charge in [0.1, 0.15) is 11.6 Å². The quantitative estimate of drug-likeness (QED) is 0.385. The van der Waals surface area contributed by atoms with Crippen molar-refractivity contribution in [3.8, 4) is 11.4 Å². The molecule has 1 saturated heterocycles. The average molecular weight is 492 g/mol. The zero-order chi connectivity index (χ0) is 23.1. The van der Waals surface area contributed by atoms with Crippen LogP contribution in [0.1, 0.15) is 24.3 Å². The van der Waals surface area contributed by atoms with Gasteiger partial charge in [-0.15, -0.1) is 0 Å². The Kier molecular flexibility index (Phi) is 5.69. The molecule has 0 amide bonds. The van der Waals surface area contributed by atoms with Crippen LogP contribution in [0.15, 0.2) is 48.9 Å². The van der Waals surface area contributed by atoms with Crippen LogP contribution in [-0.2, 0) is 0 Å². The molecule has 4 aromatic rings. The first-order chi connectivity index (χ1) is 16.7. The van der Waals surface area contributed by atoms with Crippen LogP contribution in [-0.4, -0.2) is 46.1 Å². The predicted octanol–water partition coefficient (Wildman–Crippen LogP) is 5.42. The van der Waals surface area contributed by atoms with Gasteiger partial charge in [-0.25, -0.2) is 15.0 Å². The van der Waals surface area contributed by atoms with Crippen molar-refractivity contribution in [1.82, 2.24) is 25.3 Å². The Hall–Kier alpha value is -3.00. The topological polar surface area (TPSA) is 78.9 Å². The summed E-state index contributed by atoms with van der Waals surface area (Å²) < 4.78 is 0. The number of pyridine rings is 2. The van der Waals surface area contributed by atoms with E-state index in [0.29, 0.717) is 33.3 Å². The Labute approximate surface area is 207 Å². The molecule has 2 aliphatic rings. The van der Waals surface area contributed by atoms with E-state index in [4.69, 9.17) is 33.2 Å². The van der Waals surface area contributed by atoms with E-state index in [9.17, 15) is 0 Å². The molecule has 1 aliphatic heterocycles. The number of nitrogens with one attached hydrogen (secondary N) is 2. The minimum atomic E-state index is 0.529. The van der Waals surface area contributed by atoms with Gasteiger partial charge in [-0.1, -0.05) is 29.3 Å². The second kappa shape index (κ2) is 8.98. The number of piperazine rings is 1. The number of hydrogen-bond donors (Lipinski definition) is 2. The van der Waals surface area contributed by atoms with E-state index >= 15 is 0 Å². The van der Waals surface area contributed by atoms with Gasteiger partial charge in [0.05, 0.1) is 27.4 Å². The first-order valence-electron chi connectivity index (χ1n) is 11.5. The smallest absolute Gasteiger partial charge is 0.162 e. The fourth-order valence-electron chi connectivity index (χ4n) is 4.41. The standard InChI is InChI=1S/C25H23Cl2N7/c26-18-2-1-3-19(27)23(18)32-21-12-16(6-7-30-21)24-31-20-14-29-13-17(15-4-5-15)22(20)25(33-24)34-10-8-28-9-11-34/h1-3,6-7,12-15,28H,4-5,8-11H2,(H,30,32). The molecule has 0 bridgehead atoms. The number of hydrogen-bond acceptors (Lipinski definition) is 7. The van der Waals surface area contributed by atoms with E-state index in [2.05, 4.69) is 25.5 Å². The van der Waals surface area contributed by atoms with Gasteiger partial charge in [0, 0.05) is 49.5 Å². The van der Waals surface area contributed by atoms with Gasteiger partial charge in [-0.05, 0) is 48.6 Å². The lowest BCUT2D eigenvalue weighted by atomic mass is 10.1. The van der Waals surface area contributed by atoms with Crippen LogP contribution >= 0.6 is 23.2 Å². The molecule has 1 saturated carbocycles. The van der Waals surface area contributed by atoms with Crippen LogP contribution in [0, 0.1) is 0 Å². The molecule has 1 aromatic carbocycles. The number of benzene rings is 1. The molecule has 3 aromatic heterocycles. The molecule has 9 heteroatoms. The highest BCUT2D eigenvalue weighted by Gasteiger charge is 2.29. The molecule has 34 heavy (non-hydrogen) atoms. The normalized spacial score (nSPS) is 16.1. The summed E-state index contributed by atoms with van der Waals surface area (Å²) in [5.41, 5.74) is 3.62. The Bertz CT molecular complexity index is 1350. The van der Waals surface area contributed by atoms with Crippen molar-refractivity contribution < 1.29 is 0 Å². The Morgan fingerprint density at radius 1 is 1.00 bits per heavy atom. The number of nitrogens with zero attached hydrogens (tertiary/aromatic N) is 5. The van der Waals surface area contributed by atoms with Crippen molar-refractivity contribution >= 4 is 51.4 Å². The van der Waals surface area contributed by atoms with Crippen molar-refractivity contribution in [1.29, 1.82) is 0 Å². The predicted molar refractivity (Wildman–Crippen MR) is 137 cm³/mol. The zero-order valence-corrected chi connectivity index (χ0v) is 19.9. The fourth-order valence-corrected chi connectivity index (χ4v) is 4.90. The van der Waals surface area contributed by atoms with Crippen molar-refractivity contribution in [2.24, 2.45) is 0 Å². The van der Waals surface area contributed by atoms with Gasteiger partial charge in [0.25, 0.3) is 0 Å². The van der Waals surface area contributed by atoms with Gasteiger partial charge in [-0.3, -0.25) is 4.98 Å². The number of para-hydroxylation sites is 1. The highest BCUT2D eigenvalue weighted by atomic mass is 35.5. The minimum Gasteiger partial charge on any atom is -0.353 e. The van der Waals surface area contributed by atoms with Gasteiger partial charge in [0.15, 0.2) is 5.82 Å². The number of halogens is 2. The van der Waals surface area contributed by atoms with Gasteiger partial charge in [-0.2, -0.15) is 0 Å². The van der Waals surface area contributed by atoms with Gasteiger partial charge < -0.3 is 15.5 Å².